The molecule has 0 saturated carbocycles. The lowest BCUT2D eigenvalue weighted by molar-refractivity contribution is -0.110. The molecular formula is C24H36O2Si2. The molecule has 1 rings (SSSR count). The molecule has 0 saturated heterocycles. The first-order valence-electron chi connectivity index (χ1n) is 10.3. The molecule has 0 aliphatic heterocycles. The van der Waals surface area contributed by atoms with Gasteiger partial charge in [0, 0.05) is 24.2 Å². The Kier molecular flexibility index (Phi) is 9.03. The van der Waals surface area contributed by atoms with Crippen LogP contribution in [0.2, 0.25) is 37.8 Å². The highest BCUT2D eigenvalue weighted by Gasteiger charge is 2.36. The minimum absolute atomic E-state index is 0.105. The quantitative estimate of drug-likeness (QED) is 0.255. The molecular weight excluding hydrogens is 376 g/mol. The predicted molar refractivity (Wildman–Crippen MR) is 125 cm³/mol. The third-order valence-corrected chi connectivity index (χ3v) is 10.6. The van der Waals surface area contributed by atoms with Crippen molar-refractivity contribution in [3.63, 3.8) is 0 Å². The number of hydrogen-bond donors (Lipinski definition) is 0. The van der Waals surface area contributed by atoms with Crippen molar-refractivity contribution in [2.24, 2.45) is 0 Å². The molecule has 152 valence electrons. The van der Waals surface area contributed by atoms with Crippen molar-refractivity contribution in [2.75, 3.05) is 6.61 Å². The highest BCUT2D eigenvalue weighted by atomic mass is 28.4. The van der Waals surface area contributed by atoms with Crippen LogP contribution in [0.15, 0.2) is 11.1 Å². The summed E-state index contributed by atoms with van der Waals surface area (Å²) < 4.78 is 6.09. The first-order valence-corrected chi connectivity index (χ1v) is 16.7. The zero-order valence-electron chi connectivity index (χ0n) is 19.1. The van der Waals surface area contributed by atoms with E-state index in [0.29, 0.717) is 13.0 Å². The van der Waals surface area contributed by atoms with E-state index in [1.807, 2.05) is 0 Å². The lowest BCUT2D eigenvalue weighted by Gasteiger charge is -2.35. The lowest BCUT2D eigenvalue weighted by atomic mass is 9.90. The maximum atomic E-state index is 12.5. The van der Waals surface area contributed by atoms with Gasteiger partial charge in [0.1, 0.15) is 8.07 Å². The summed E-state index contributed by atoms with van der Waals surface area (Å²) >= 11 is 0. The molecule has 28 heavy (non-hydrogen) atoms. The summed E-state index contributed by atoms with van der Waals surface area (Å²) in [6.45, 7) is 18.4. The standard InChI is InChI=1S/C24H36O2Si2/c1-24(2,3)28(7,8)26-19-14-10-9-11-17-23(25)22-16-13-12-15-21(22)18-20-27(4,5)6/h12-16,19H2,1-8H3. The van der Waals surface area contributed by atoms with Crippen LogP contribution in [-0.4, -0.2) is 28.8 Å². The molecule has 2 nitrogen and oxygen atoms in total. The van der Waals surface area contributed by atoms with E-state index in [4.69, 9.17) is 4.43 Å². The summed E-state index contributed by atoms with van der Waals surface area (Å²) in [5.74, 6) is 14.4. The molecule has 1 aliphatic rings. The van der Waals surface area contributed by atoms with Crippen molar-refractivity contribution >= 4 is 22.2 Å². The van der Waals surface area contributed by atoms with Crippen LogP contribution >= 0.6 is 0 Å². The second-order valence-electron chi connectivity index (χ2n) is 9.90. The van der Waals surface area contributed by atoms with Crippen LogP contribution in [0.3, 0.4) is 0 Å². The Bertz CT molecular complexity index is 786. The summed E-state index contributed by atoms with van der Waals surface area (Å²) in [7, 11) is -3.17. The molecule has 0 bridgehead atoms. The highest BCUT2D eigenvalue weighted by molar-refractivity contribution is 6.83. The Labute approximate surface area is 175 Å². The second-order valence-corrected chi connectivity index (χ2v) is 19.5. The van der Waals surface area contributed by atoms with Gasteiger partial charge in [-0.15, -0.1) is 5.54 Å². The number of carbonyl (C=O) groups is 1. The fourth-order valence-corrected chi connectivity index (χ4v) is 3.97. The van der Waals surface area contributed by atoms with E-state index in [9.17, 15) is 4.79 Å². The molecule has 1 aliphatic carbocycles. The maximum absolute atomic E-state index is 12.5. The molecule has 0 spiro atoms. The van der Waals surface area contributed by atoms with Gasteiger partial charge in [-0.3, -0.25) is 4.79 Å². The van der Waals surface area contributed by atoms with Gasteiger partial charge in [0.05, 0.1) is 0 Å². The number of rotatable bonds is 4. The molecule has 0 atom stereocenters. The van der Waals surface area contributed by atoms with Gasteiger partial charge in [-0.1, -0.05) is 52.3 Å². The first-order chi connectivity index (χ1) is 12.8. The summed E-state index contributed by atoms with van der Waals surface area (Å²) in [6, 6.07) is 0. The SMILES string of the molecule is CC(C)(C)[Si](C)(C)OCCC#CC#CC(=O)C1=C(C#C[Si](C)(C)C)CCCC1. The van der Waals surface area contributed by atoms with Gasteiger partial charge in [-0.2, -0.15) is 0 Å². The Morgan fingerprint density at radius 1 is 1.04 bits per heavy atom. The van der Waals surface area contributed by atoms with E-state index >= 15 is 0 Å². The molecule has 0 heterocycles. The van der Waals surface area contributed by atoms with E-state index in [1.165, 1.54) is 0 Å². The lowest BCUT2D eigenvalue weighted by Crippen LogP contribution is -2.40. The zero-order valence-corrected chi connectivity index (χ0v) is 21.1. The van der Waals surface area contributed by atoms with Gasteiger partial charge in [-0.25, -0.2) is 0 Å². The van der Waals surface area contributed by atoms with Gasteiger partial charge >= 0.3 is 0 Å². The molecule has 0 N–H and O–H groups in total. The summed E-state index contributed by atoms with van der Waals surface area (Å²) in [6.07, 6.45) is 4.48. The molecule has 0 amide bonds. The average Bonchev–Trinajstić information content (AvgIpc) is 2.57. The molecule has 0 radical (unpaired) electrons. The smallest absolute Gasteiger partial charge is 0.233 e. The Morgan fingerprint density at radius 2 is 1.68 bits per heavy atom. The summed E-state index contributed by atoms with van der Waals surface area (Å²) in [5.41, 5.74) is 5.20. The maximum Gasteiger partial charge on any atom is 0.233 e. The number of ketones is 1. The van der Waals surface area contributed by atoms with E-state index < -0.39 is 16.4 Å². The van der Waals surface area contributed by atoms with Crippen LogP contribution in [0, 0.1) is 35.1 Å². The normalized spacial score (nSPS) is 14.9. The van der Waals surface area contributed by atoms with E-state index in [-0.39, 0.29) is 10.8 Å². The molecule has 0 fully saturated rings. The van der Waals surface area contributed by atoms with Crippen LogP contribution in [0.4, 0.5) is 0 Å². The fourth-order valence-electron chi connectivity index (χ4n) is 2.40. The Hall–Kier alpha value is -1.52. The molecule has 0 aromatic heterocycles. The van der Waals surface area contributed by atoms with Crippen molar-refractivity contribution in [1.29, 1.82) is 0 Å². The summed E-state index contributed by atoms with van der Waals surface area (Å²) in [5, 5.41) is 0.205. The molecule has 0 aromatic rings. The van der Waals surface area contributed by atoms with Gasteiger partial charge < -0.3 is 4.43 Å². The topological polar surface area (TPSA) is 26.3 Å². The number of hydrogen-bond acceptors (Lipinski definition) is 2. The van der Waals surface area contributed by atoms with E-state index in [0.717, 1.165) is 36.8 Å². The molecule has 4 heteroatoms. The molecule has 0 unspecified atom stereocenters. The summed E-state index contributed by atoms with van der Waals surface area (Å²) in [4.78, 5) is 12.5. The van der Waals surface area contributed by atoms with Crippen LogP contribution in [-0.2, 0) is 9.22 Å². The molecule has 0 aromatic carbocycles. The highest BCUT2D eigenvalue weighted by Crippen LogP contribution is 2.36. The van der Waals surface area contributed by atoms with Crippen LogP contribution in [0.1, 0.15) is 52.9 Å². The van der Waals surface area contributed by atoms with Gasteiger partial charge in [0.25, 0.3) is 0 Å². The Balaban J connectivity index is 2.69. The van der Waals surface area contributed by atoms with Crippen molar-refractivity contribution < 1.29 is 9.22 Å². The van der Waals surface area contributed by atoms with Gasteiger partial charge in [0.15, 0.2) is 8.32 Å². The number of Topliss-reactive ketones (excluding diaryl/α,β-unsaturated/α-hetero) is 1. The minimum atomic E-state index is -1.72. The van der Waals surface area contributed by atoms with Crippen molar-refractivity contribution in [2.45, 2.75) is 90.6 Å². The van der Waals surface area contributed by atoms with Crippen LogP contribution in [0.5, 0.6) is 0 Å². The fraction of sp³-hybridized carbons (Fsp3) is 0.625. The van der Waals surface area contributed by atoms with Crippen molar-refractivity contribution in [3.8, 4) is 35.1 Å². The monoisotopic (exact) mass is 412 g/mol. The predicted octanol–water partition coefficient (Wildman–Crippen LogP) is 5.73. The number of allylic oxidation sites excluding steroid dienone is 2. The first kappa shape index (κ1) is 24.5. The number of carbonyl (C=O) groups excluding carboxylic acids is 1. The third-order valence-electron chi connectivity index (χ3n) is 5.15. The Morgan fingerprint density at radius 3 is 2.29 bits per heavy atom. The van der Waals surface area contributed by atoms with Gasteiger partial charge in [-0.05, 0) is 61.6 Å². The minimum Gasteiger partial charge on any atom is -0.416 e. The van der Waals surface area contributed by atoms with Gasteiger partial charge in [0.2, 0.25) is 5.78 Å². The zero-order chi connectivity index (χ0) is 21.4. The average molecular weight is 413 g/mol. The van der Waals surface area contributed by atoms with E-state index in [1.54, 1.807) is 0 Å². The third kappa shape index (κ3) is 8.66. The van der Waals surface area contributed by atoms with Crippen molar-refractivity contribution in [3.05, 3.63) is 11.1 Å². The van der Waals surface area contributed by atoms with Crippen LogP contribution < -0.4 is 0 Å². The van der Waals surface area contributed by atoms with E-state index in [2.05, 4.69) is 88.7 Å². The van der Waals surface area contributed by atoms with Crippen LogP contribution in [0.25, 0.3) is 0 Å². The second kappa shape index (κ2) is 10.3. The largest absolute Gasteiger partial charge is 0.416 e. The van der Waals surface area contributed by atoms with Crippen molar-refractivity contribution in [1.82, 2.24) is 0 Å².